The van der Waals surface area contributed by atoms with E-state index >= 15 is 0 Å². The molecule has 3 heteroatoms. The zero-order valence-corrected chi connectivity index (χ0v) is 9.43. The fraction of sp³-hybridized carbons (Fsp3) is 0.900. The molecule has 0 unspecified atom stereocenters. The van der Waals surface area contributed by atoms with Crippen LogP contribution in [0.15, 0.2) is 0 Å². The third-order valence-electron chi connectivity index (χ3n) is 1.90. The molecule has 0 aliphatic carbocycles. The second-order valence-corrected chi connectivity index (χ2v) is 3.97. The van der Waals surface area contributed by atoms with Crippen LogP contribution in [0.5, 0.6) is 0 Å². The predicted molar refractivity (Wildman–Crippen MR) is 54.9 cm³/mol. The van der Waals surface area contributed by atoms with Crippen molar-refractivity contribution in [1.29, 1.82) is 0 Å². The monoisotopic (exact) mass is 206 g/mol. The molecule has 0 spiro atoms. The summed E-state index contributed by atoms with van der Waals surface area (Å²) in [6, 6.07) is 0. The highest BCUT2D eigenvalue weighted by Gasteiger charge is 2.18. The quantitative estimate of drug-likeness (QED) is 0.494. The molecule has 2 nitrogen and oxygen atoms in total. The van der Waals surface area contributed by atoms with E-state index in [2.05, 4.69) is 13.8 Å². The molecule has 0 aliphatic heterocycles. The maximum absolute atomic E-state index is 11.4. The third-order valence-corrected chi connectivity index (χ3v) is 2.06. The summed E-state index contributed by atoms with van der Waals surface area (Å²) in [7, 11) is 0. The molecule has 0 heterocycles. The lowest BCUT2D eigenvalue weighted by molar-refractivity contribution is -0.148. The molecular weight excluding hydrogens is 188 g/mol. The van der Waals surface area contributed by atoms with Crippen LogP contribution in [0, 0.1) is 11.8 Å². The van der Waals surface area contributed by atoms with Crippen molar-refractivity contribution in [3.05, 3.63) is 0 Å². The lowest BCUT2D eigenvalue weighted by atomic mass is 9.95. The Balaban J connectivity index is 3.85. The van der Waals surface area contributed by atoms with Gasteiger partial charge in [-0.3, -0.25) is 4.79 Å². The van der Waals surface area contributed by atoms with E-state index in [9.17, 15) is 4.79 Å². The molecule has 0 bridgehead atoms. The lowest BCUT2D eigenvalue weighted by Gasteiger charge is -2.15. The van der Waals surface area contributed by atoms with E-state index in [0.717, 1.165) is 12.8 Å². The predicted octanol–water partition coefficient (Wildman–Crippen LogP) is 2.84. The SMILES string of the molecule is CC[C@H](CC(C)C)C(=O)OCCCl. The molecule has 0 rings (SSSR count). The van der Waals surface area contributed by atoms with Gasteiger partial charge in [0.2, 0.25) is 0 Å². The summed E-state index contributed by atoms with van der Waals surface area (Å²) in [5, 5.41) is 0. The Morgan fingerprint density at radius 1 is 1.46 bits per heavy atom. The third kappa shape index (κ3) is 5.92. The first kappa shape index (κ1) is 12.8. The first-order valence-corrected chi connectivity index (χ1v) is 5.37. The van der Waals surface area contributed by atoms with E-state index in [-0.39, 0.29) is 11.9 Å². The van der Waals surface area contributed by atoms with Crippen LogP contribution in [0.3, 0.4) is 0 Å². The molecule has 0 saturated carbocycles. The Morgan fingerprint density at radius 3 is 2.46 bits per heavy atom. The van der Waals surface area contributed by atoms with Gasteiger partial charge in [-0.05, 0) is 18.8 Å². The number of halogens is 1. The zero-order chi connectivity index (χ0) is 10.3. The Bertz CT molecular complexity index is 146. The largest absolute Gasteiger partial charge is 0.464 e. The molecule has 0 fully saturated rings. The van der Waals surface area contributed by atoms with Crippen LogP contribution in [0.25, 0.3) is 0 Å². The second kappa shape index (κ2) is 7.19. The van der Waals surface area contributed by atoms with Gasteiger partial charge in [0.25, 0.3) is 0 Å². The summed E-state index contributed by atoms with van der Waals surface area (Å²) >= 11 is 5.42. The van der Waals surface area contributed by atoms with Crippen LogP contribution in [-0.2, 0) is 9.53 Å². The van der Waals surface area contributed by atoms with Crippen molar-refractivity contribution in [2.45, 2.75) is 33.6 Å². The summed E-state index contributed by atoms with van der Waals surface area (Å²) in [6.45, 7) is 6.55. The van der Waals surface area contributed by atoms with Crippen LogP contribution < -0.4 is 0 Å². The molecule has 78 valence electrons. The van der Waals surface area contributed by atoms with Gasteiger partial charge in [-0.2, -0.15) is 0 Å². The first-order chi connectivity index (χ1) is 6.11. The van der Waals surface area contributed by atoms with Crippen LogP contribution in [0.2, 0.25) is 0 Å². The molecule has 0 aromatic carbocycles. The Morgan fingerprint density at radius 2 is 2.08 bits per heavy atom. The van der Waals surface area contributed by atoms with Crippen LogP contribution in [0.1, 0.15) is 33.6 Å². The zero-order valence-electron chi connectivity index (χ0n) is 8.68. The van der Waals surface area contributed by atoms with E-state index < -0.39 is 0 Å². The second-order valence-electron chi connectivity index (χ2n) is 3.59. The van der Waals surface area contributed by atoms with Crippen LogP contribution in [0.4, 0.5) is 0 Å². The molecule has 0 aromatic heterocycles. The van der Waals surface area contributed by atoms with Crippen molar-refractivity contribution in [2.24, 2.45) is 11.8 Å². The lowest BCUT2D eigenvalue weighted by Crippen LogP contribution is -2.19. The molecular formula is C10H19ClO2. The fourth-order valence-corrected chi connectivity index (χ4v) is 1.33. The maximum atomic E-state index is 11.4. The molecule has 0 aromatic rings. The number of carbonyl (C=O) groups excluding carboxylic acids is 1. The van der Waals surface area contributed by atoms with Gasteiger partial charge in [-0.1, -0.05) is 20.8 Å². The molecule has 13 heavy (non-hydrogen) atoms. The van der Waals surface area contributed by atoms with E-state index in [1.807, 2.05) is 6.92 Å². The van der Waals surface area contributed by atoms with Gasteiger partial charge in [0.15, 0.2) is 0 Å². The molecule has 1 atom stereocenters. The minimum absolute atomic E-state index is 0.0446. The maximum Gasteiger partial charge on any atom is 0.308 e. The number of carbonyl (C=O) groups is 1. The smallest absolute Gasteiger partial charge is 0.308 e. The van der Waals surface area contributed by atoms with E-state index in [0.29, 0.717) is 18.4 Å². The van der Waals surface area contributed by atoms with E-state index in [1.165, 1.54) is 0 Å². The van der Waals surface area contributed by atoms with Gasteiger partial charge < -0.3 is 4.74 Å². The molecule has 0 radical (unpaired) electrons. The summed E-state index contributed by atoms with van der Waals surface area (Å²) in [5.41, 5.74) is 0. The molecule has 0 amide bonds. The average molecular weight is 207 g/mol. The van der Waals surface area contributed by atoms with Crippen molar-refractivity contribution < 1.29 is 9.53 Å². The van der Waals surface area contributed by atoms with Crippen molar-refractivity contribution in [1.82, 2.24) is 0 Å². The van der Waals surface area contributed by atoms with Crippen molar-refractivity contribution in [2.75, 3.05) is 12.5 Å². The van der Waals surface area contributed by atoms with Crippen LogP contribution in [-0.4, -0.2) is 18.5 Å². The minimum Gasteiger partial charge on any atom is -0.464 e. The number of hydrogen-bond acceptors (Lipinski definition) is 2. The first-order valence-electron chi connectivity index (χ1n) is 4.84. The highest BCUT2D eigenvalue weighted by Crippen LogP contribution is 2.16. The summed E-state index contributed by atoms with van der Waals surface area (Å²) in [5.74, 6) is 0.859. The van der Waals surface area contributed by atoms with Crippen LogP contribution >= 0.6 is 11.6 Å². The Kier molecular flexibility index (Phi) is 7.06. The fourth-order valence-electron chi connectivity index (χ4n) is 1.26. The van der Waals surface area contributed by atoms with Gasteiger partial charge in [-0.15, -0.1) is 11.6 Å². The summed E-state index contributed by atoms with van der Waals surface area (Å²) in [6.07, 6.45) is 1.75. The van der Waals surface area contributed by atoms with Crippen molar-refractivity contribution in [3.8, 4) is 0 Å². The van der Waals surface area contributed by atoms with Gasteiger partial charge in [0.1, 0.15) is 6.61 Å². The normalized spacial score (nSPS) is 13.0. The van der Waals surface area contributed by atoms with E-state index in [1.54, 1.807) is 0 Å². The molecule has 0 saturated heterocycles. The van der Waals surface area contributed by atoms with Crippen molar-refractivity contribution >= 4 is 17.6 Å². The number of hydrogen-bond donors (Lipinski definition) is 0. The molecule has 0 aliphatic rings. The molecule has 0 N–H and O–H groups in total. The highest BCUT2D eigenvalue weighted by molar-refractivity contribution is 6.18. The van der Waals surface area contributed by atoms with Crippen molar-refractivity contribution in [3.63, 3.8) is 0 Å². The van der Waals surface area contributed by atoms with Gasteiger partial charge in [-0.25, -0.2) is 0 Å². The van der Waals surface area contributed by atoms with Gasteiger partial charge in [0, 0.05) is 0 Å². The van der Waals surface area contributed by atoms with Gasteiger partial charge in [0.05, 0.1) is 11.8 Å². The number of esters is 1. The summed E-state index contributed by atoms with van der Waals surface area (Å²) in [4.78, 5) is 11.4. The Labute approximate surface area is 85.6 Å². The number of alkyl halides is 1. The Hall–Kier alpha value is -0.240. The summed E-state index contributed by atoms with van der Waals surface area (Å²) < 4.78 is 4.97. The standard InChI is InChI=1S/C10H19ClO2/c1-4-9(7-8(2)3)10(12)13-6-5-11/h8-9H,4-7H2,1-3H3/t9-/m1/s1. The van der Waals surface area contributed by atoms with E-state index in [4.69, 9.17) is 16.3 Å². The minimum atomic E-state index is -0.100. The number of ether oxygens (including phenoxy) is 1. The number of rotatable bonds is 6. The topological polar surface area (TPSA) is 26.3 Å². The highest BCUT2D eigenvalue weighted by atomic mass is 35.5. The average Bonchev–Trinajstić information content (AvgIpc) is 2.09. The van der Waals surface area contributed by atoms with Gasteiger partial charge >= 0.3 is 5.97 Å².